The van der Waals surface area contributed by atoms with Gasteiger partial charge >= 0.3 is 0 Å². The maximum atomic E-state index is 13.2. The van der Waals surface area contributed by atoms with Gasteiger partial charge in [0, 0.05) is 15.4 Å². The largest absolute Gasteiger partial charge is 0.248 e. The second kappa shape index (κ2) is 4.91. The first-order valence-corrected chi connectivity index (χ1v) is 6.82. The number of aromatic nitrogens is 1. The van der Waals surface area contributed by atoms with Gasteiger partial charge in [0.25, 0.3) is 0 Å². The Morgan fingerprint density at radius 3 is 2.47 bits per heavy atom. The number of benzene rings is 2. The molecule has 4 heteroatoms. The number of halogens is 3. The van der Waals surface area contributed by atoms with Crippen LogP contribution >= 0.6 is 27.5 Å². The average Bonchev–Trinajstić information content (AvgIpc) is 2.40. The summed E-state index contributed by atoms with van der Waals surface area (Å²) >= 11 is 9.59. The van der Waals surface area contributed by atoms with Gasteiger partial charge in [0.15, 0.2) is 0 Å². The summed E-state index contributed by atoms with van der Waals surface area (Å²) in [6, 6.07) is 14.0. The minimum atomic E-state index is -0.312. The summed E-state index contributed by atoms with van der Waals surface area (Å²) < 4.78 is 14.2. The molecule has 1 nitrogen and oxygen atoms in total. The summed E-state index contributed by atoms with van der Waals surface area (Å²) in [5.41, 5.74) is 2.43. The monoisotopic (exact) mass is 335 g/mol. The lowest BCUT2D eigenvalue weighted by Crippen LogP contribution is -1.87. The molecule has 0 aliphatic carbocycles. The summed E-state index contributed by atoms with van der Waals surface area (Å²) in [6.45, 7) is 0. The fourth-order valence-electron chi connectivity index (χ4n) is 1.93. The number of rotatable bonds is 1. The fraction of sp³-hybridized carbons (Fsp3) is 0. The van der Waals surface area contributed by atoms with Crippen molar-refractivity contribution < 1.29 is 4.39 Å². The molecule has 3 aromatic rings. The van der Waals surface area contributed by atoms with Crippen molar-refractivity contribution in [2.24, 2.45) is 0 Å². The molecule has 0 radical (unpaired) electrons. The van der Waals surface area contributed by atoms with Gasteiger partial charge in [-0.05, 0) is 36.4 Å². The first kappa shape index (κ1) is 12.6. The predicted molar refractivity (Wildman–Crippen MR) is 79.8 cm³/mol. The topological polar surface area (TPSA) is 12.9 Å². The van der Waals surface area contributed by atoms with Crippen LogP contribution in [0.4, 0.5) is 4.39 Å². The molecule has 0 aliphatic heterocycles. The highest BCUT2D eigenvalue weighted by molar-refractivity contribution is 9.10. The third-order valence-electron chi connectivity index (χ3n) is 2.86. The molecule has 0 spiro atoms. The molecule has 0 saturated carbocycles. The number of hydrogen-bond acceptors (Lipinski definition) is 1. The van der Waals surface area contributed by atoms with Crippen LogP contribution in [0.3, 0.4) is 0 Å². The van der Waals surface area contributed by atoms with Crippen LogP contribution in [-0.4, -0.2) is 4.98 Å². The van der Waals surface area contributed by atoms with E-state index in [1.54, 1.807) is 12.1 Å². The van der Waals surface area contributed by atoms with Gasteiger partial charge in [-0.15, -0.1) is 0 Å². The predicted octanol–water partition coefficient (Wildman–Crippen LogP) is 5.46. The van der Waals surface area contributed by atoms with Crippen molar-refractivity contribution in [1.29, 1.82) is 0 Å². The highest BCUT2D eigenvalue weighted by Crippen LogP contribution is 2.29. The average molecular weight is 337 g/mol. The molecule has 94 valence electrons. The fourth-order valence-corrected chi connectivity index (χ4v) is 2.44. The van der Waals surface area contributed by atoms with Crippen molar-refractivity contribution in [3.8, 4) is 11.3 Å². The van der Waals surface area contributed by atoms with Crippen molar-refractivity contribution in [3.05, 3.63) is 63.8 Å². The lowest BCUT2D eigenvalue weighted by Gasteiger charge is -2.06. The van der Waals surface area contributed by atoms with Gasteiger partial charge < -0.3 is 0 Å². The quantitative estimate of drug-likeness (QED) is 0.575. The van der Waals surface area contributed by atoms with Crippen molar-refractivity contribution >= 4 is 38.4 Å². The molecule has 0 bridgehead atoms. The van der Waals surface area contributed by atoms with Crippen LogP contribution in [0.15, 0.2) is 53.0 Å². The Balaban J connectivity index is 2.20. The van der Waals surface area contributed by atoms with Crippen LogP contribution in [0.25, 0.3) is 22.2 Å². The van der Waals surface area contributed by atoms with Gasteiger partial charge in [-0.25, -0.2) is 9.37 Å². The van der Waals surface area contributed by atoms with Crippen LogP contribution in [0.1, 0.15) is 0 Å². The van der Waals surface area contributed by atoms with Gasteiger partial charge in [0.05, 0.1) is 16.2 Å². The summed E-state index contributed by atoms with van der Waals surface area (Å²) in [5.74, 6) is -0.312. The van der Waals surface area contributed by atoms with Crippen LogP contribution < -0.4 is 0 Å². The molecule has 3 rings (SSSR count). The lowest BCUT2D eigenvalue weighted by atomic mass is 10.1. The number of pyridine rings is 1. The molecule has 0 atom stereocenters. The van der Waals surface area contributed by atoms with E-state index in [0.717, 1.165) is 15.7 Å². The summed E-state index contributed by atoms with van der Waals surface area (Å²) in [5, 5.41) is 1.13. The molecule has 0 N–H and O–H groups in total. The minimum absolute atomic E-state index is 0.312. The Kier molecular flexibility index (Phi) is 3.25. The first-order valence-electron chi connectivity index (χ1n) is 5.65. The van der Waals surface area contributed by atoms with Gasteiger partial charge in [0.1, 0.15) is 5.82 Å². The highest BCUT2D eigenvalue weighted by Gasteiger charge is 2.07. The van der Waals surface area contributed by atoms with Crippen LogP contribution in [0.5, 0.6) is 0 Å². The second-order valence-corrected chi connectivity index (χ2v) is 5.48. The van der Waals surface area contributed by atoms with Crippen molar-refractivity contribution in [2.45, 2.75) is 0 Å². The van der Waals surface area contributed by atoms with E-state index in [2.05, 4.69) is 20.9 Å². The van der Waals surface area contributed by atoms with Crippen LogP contribution in [0, 0.1) is 5.82 Å². The van der Waals surface area contributed by atoms with E-state index in [0.29, 0.717) is 15.9 Å². The Hall–Kier alpha value is -1.45. The van der Waals surface area contributed by atoms with Gasteiger partial charge in [-0.1, -0.05) is 39.7 Å². The molecule has 19 heavy (non-hydrogen) atoms. The standard InChI is InChI=1S/C15H8BrClFN/c16-10-3-1-9(2-4-10)15-8-13(17)12-7-11(18)5-6-14(12)19-15/h1-8H. The molecular formula is C15H8BrClFN. The second-order valence-electron chi connectivity index (χ2n) is 4.16. The maximum absolute atomic E-state index is 13.2. The van der Waals surface area contributed by atoms with E-state index in [-0.39, 0.29) is 5.82 Å². The highest BCUT2D eigenvalue weighted by atomic mass is 79.9. The minimum Gasteiger partial charge on any atom is -0.248 e. The maximum Gasteiger partial charge on any atom is 0.124 e. The van der Waals surface area contributed by atoms with Crippen molar-refractivity contribution in [1.82, 2.24) is 4.98 Å². The van der Waals surface area contributed by atoms with E-state index in [1.807, 2.05) is 24.3 Å². The van der Waals surface area contributed by atoms with Crippen molar-refractivity contribution in [3.63, 3.8) is 0 Å². The molecule has 0 saturated heterocycles. The SMILES string of the molecule is Fc1ccc2nc(-c3ccc(Br)cc3)cc(Cl)c2c1. The van der Waals surface area contributed by atoms with Gasteiger partial charge in [-0.3, -0.25) is 0 Å². The zero-order chi connectivity index (χ0) is 13.4. The Labute approximate surface area is 123 Å². The van der Waals surface area contributed by atoms with Crippen molar-refractivity contribution in [2.75, 3.05) is 0 Å². The Bertz CT molecular complexity index is 756. The molecule has 0 amide bonds. The number of fused-ring (bicyclic) bond motifs is 1. The zero-order valence-corrected chi connectivity index (χ0v) is 12.0. The Morgan fingerprint density at radius 1 is 1.00 bits per heavy atom. The van der Waals surface area contributed by atoms with E-state index < -0.39 is 0 Å². The van der Waals surface area contributed by atoms with E-state index in [1.165, 1.54) is 12.1 Å². The van der Waals surface area contributed by atoms with E-state index in [9.17, 15) is 4.39 Å². The molecule has 1 aromatic heterocycles. The molecule has 2 aromatic carbocycles. The summed E-state index contributed by atoms with van der Waals surface area (Å²) in [7, 11) is 0. The normalized spacial score (nSPS) is 10.9. The third-order valence-corrected chi connectivity index (χ3v) is 3.70. The van der Waals surface area contributed by atoms with Crippen LogP contribution in [0.2, 0.25) is 5.02 Å². The third kappa shape index (κ3) is 2.48. The number of hydrogen-bond donors (Lipinski definition) is 0. The molecule has 0 aliphatic rings. The molecular weight excluding hydrogens is 329 g/mol. The first-order chi connectivity index (χ1) is 9.13. The number of nitrogens with zero attached hydrogens (tertiary/aromatic N) is 1. The smallest absolute Gasteiger partial charge is 0.124 e. The Morgan fingerprint density at radius 2 is 1.74 bits per heavy atom. The molecule has 1 heterocycles. The van der Waals surface area contributed by atoms with Gasteiger partial charge in [0.2, 0.25) is 0 Å². The molecule has 0 unspecified atom stereocenters. The lowest BCUT2D eigenvalue weighted by molar-refractivity contribution is 0.629. The summed E-state index contributed by atoms with van der Waals surface area (Å²) in [4.78, 5) is 4.51. The van der Waals surface area contributed by atoms with E-state index >= 15 is 0 Å². The summed E-state index contributed by atoms with van der Waals surface area (Å²) in [6.07, 6.45) is 0. The van der Waals surface area contributed by atoms with Gasteiger partial charge in [-0.2, -0.15) is 0 Å². The molecule has 0 fully saturated rings. The van der Waals surface area contributed by atoms with E-state index in [4.69, 9.17) is 11.6 Å². The zero-order valence-electron chi connectivity index (χ0n) is 9.70. The van der Waals surface area contributed by atoms with Crippen LogP contribution in [-0.2, 0) is 0 Å².